The third-order valence-electron chi connectivity index (χ3n) is 3.67. The van der Waals surface area contributed by atoms with Gasteiger partial charge in [0.1, 0.15) is 0 Å². The maximum absolute atomic E-state index is 5.65. The summed E-state index contributed by atoms with van der Waals surface area (Å²) in [5.41, 5.74) is 0.294. The highest BCUT2D eigenvalue weighted by Gasteiger charge is 2.25. The molecule has 16 heavy (non-hydrogen) atoms. The molecule has 1 unspecified atom stereocenters. The fraction of sp³-hybridized carbons (Fsp3) is 1.00. The molecule has 2 aliphatic rings. The lowest BCUT2D eigenvalue weighted by atomic mass is 10.0. The lowest BCUT2D eigenvalue weighted by Gasteiger charge is -2.39. The molecule has 0 saturated carbocycles. The van der Waals surface area contributed by atoms with Gasteiger partial charge in [0.15, 0.2) is 0 Å². The van der Waals surface area contributed by atoms with Crippen LogP contribution in [0.4, 0.5) is 0 Å². The molecule has 1 N–H and O–H groups in total. The van der Waals surface area contributed by atoms with E-state index < -0.39 is 0 Å². The van der Waals surface area contributed by atoms with Gasteiger partial charge in [0.05, 0.1) is 6.10 Å². The smallest absolute Gasteiger partial charge is 0.0576 e. The van der Waals surface area contributed by atoms with Crippen molar-refractivity contribution in [3.8, 4) is 0 Å². The van der Waals surface area contributed by atoms with Gasteiger partial charge in [-0.2, -0.15) is 0 Å². The Morgan fingerprint density at radius 1 is 1.44 bits per heavy atom. The molecule has 0 bridgehead atoms. The second-order valence-electron chi connectivity index (χ2n) is 5.86. The Hall–Kier alpha value is -0.120. The molecule has 94 valence electrons. The van der Waals surface area contributed by atoms with Crippen molar-refractivity contribution < 1.29 is 4.74 Å². The van der Waals surface area contributed by atoms with Crippen LogP contribution in [0.1, 0.15) is 39.5 Å². The second kappa shape index (κ2) is 5.48. The number of rotatable bonds is 4. The average Bonchev–Trinajstić information content (AvgIpc) is 2.69. The first-order chi connectivity index (χ1) is 7.66. The molecule has 0 aromatic heterocycles. The van der Waals surface area contributed by atoms with Gasteiger partial charge in [-0.15, -0.1) is 0 Å². The third-order valence-corrected chi connectivity index (χ3v) is 3.67. The number of hydrogen-bond donors (Lipinski definition) is 1. The van der Waals surface area contributed by atoms with Gasteiger partial charge >= 0.3 is 0 Å². The summed E-state index contributed by atoms with van der Waals surface area (Å²) >= 11 is 0. The monoisotopic (exact) mass is 226 g/mol. The predicted octanol–water partition coefficient (Wildman–Crippen LogP) is 1.63. The van der Waals surface area contributed by atoms with Gasteiger partial charge in [-0.1, -0.05) is 0 Å². The molecule has 0 radical (unpaired) electrons. The summed E-state index contributed by atoms with van der Waals surface area (Å²) in [5, 5.41) is 3.55. The summed E-state index contributed by atoms with van der Waals surface area (Å²) in [7, 11) is 0. The van der Waals surface area contributed by atoms with Gasteiger partial charge in [0.2, 0.25) is 0 Å². The molecule has 0 amide bonds. The minimum atomic E-state index is 0.294. The van der Waals surface area contributed by atoms with E-state index in [-0.39, 0.29) is 0 Å². The van der Waals surface area contributed by atoms with Gasteiger partial charge in [-0.3, -0.25) is 0 Å². The Kier molecular flexibility index (Phi) is 4.22. The highest BCUT2D eigenvalue weighted by molar-refractivity contribution is 4.86. The molecule has 0 aliphatic carbocycles. The van der Waals surface area contributed by atoms with Crippen LogP contribution >= 0.6 is 0 Å². The van der Waals surface area contributed by atoms with Crippen LogP contribution in [-0.2, 0) is 4.74 Å². The van der Waals surface area contributed by atoms with E-state index >= 15 is 0 Å². The topological polar surface area (TPSA) is 24.5 Å². The van der Waals surface area contributed by atoms with Gasteiger partial charge in [0, 0.05) is 31.8 Å². The molecule has 2 aliphatic heterocycles. The van der Waals surface area contributed by atoms with E-state index in [1.54, 1.807) is 0 Å². The van der Waals surface area contributed by atoms with Crippen LogP contribution in [0.5, 0.6) is 0 Å². The van der Waals surface area contributed by atoms with Crippen molar-refractivity contribution >= 4 is 0 Å². The average molecular weight is 226 g/mol. The number of nitrogens with one attached hydrogen (secondary N) is 1. The van der Waals surface area contributed by atoms with E-state index in [2.05, 4.69) is 24.1 Å². The van der Waals surface area contributed by atoms with Crippen LogP contribution in [-0.4, -0.2) is 49.3 Å². The van der Waals surface area contributed by atoms with Crippen molar-refractivity contribution in [2.24, 2.45) is 0 Å². The van der Waals surface area contributed by atoms with Gasteiger partial charge in [0.25, 0.3) is 0 Å². The summed E-state index contributed by atoms with van der Waals surface area (Å²) in [4.78, 5) is 2.59. The Labute approximate surface area is 99.5 Å². The van der Waals surface area contributed by atoms with Crippen molar-refractivity contribution in [3.05, 3.63) is 0 Å². The predicted molar refractivity (Wildman–Crippen MR) is 66.7 cm³/mol. The number of nitrogens with zero attached hydrogens (tertiary/aromatic N) is 1. The van der Waals surface area contributed by atoms with Crippen LogP contribution < -0.4 is 5.32 Å². The Balaban J connectivity index is 1.61. The molecule has 2 rings (SSSR count). The summed E-state index contributed by atoms with van der Waals surface area (Å²) in [6.45, 7) is 10.3. The first kappa shape index (κ1) is 12.3. The molecule has 1 atom stereocenters. The van der Waals surface area contributed by atoms with Crippen molar-refractivity contribution in [1.29, 1.82) is 0 Å². The molecule has 2 heterocycles. The number of hydrogen-bond acceptors (Lipinski definition) is 3. The minimum Gasteiger partial charge on any atom is -0.378 e. The Bertz CT molecular complexity index is 212. The van der Waals surface area contributed by atoms with Crippen molar-refractivity contribution in [1.82, 2.24) is 10.2 Å². The lowest BCUT2D eigenvalue weighted by molar-refractivity contribution is 0.0937. The van der Waals surface area contributed by atoms with Crippen molar-refractivity contribution in [2.45, 2.75) is 51.2 Å². The van der Waals surface area contributed by atoms with Crippen LogP contribution in [0.25, 0.3) is 0 Å². The Morgan fingerprint density at radius 2 is 2.31 bits per heavy atom. The lowest BCUT2D eigenvalue weighted by Crippen LogP contribution is -2.57. The summed E-state index contributed by atoms with van der Waals surface area (Å²) in [6.07, 6.45) is 5.67. The van der Waals surface area contributed by atoms with Crippen molar-refractivity contribution in [3.63, 3.8) is 0 Å². The second-order valence-corrected chi connectivity index (χ2v) is 5.86. The summed E-state index contributed by atoms with van der Waals surface area (Å²) < 4.78 is 5.65. The van der Waals surface area contributed by atoms with E-state index in [1.807, 2.05) is 0 Å². The first-order valence-corrected chi connectivity index (χ1v) is 6.75. The molecule has 3 nitrogen and oxygen atoms in total. The third kappa shape index (κ3) is 3.72. The molecular weight excluding hydrogens is 200 g/mol. The zero-order chi connectivity index (χ0) is 11.4. The van der Waals surface area contributed by atoms with Gasteiger partial charge in [-0.25, -0.2) is 0 Å². The molecule has 0 aromatic carbocycles. The summed E-state index contributed by atoms with van der Waals surface area (Å²) in [6, 6.07) is 0. The first-order valence-electron chi connectivity index (χ1n) is 6.75. The number of piperazine rings is 1. The minimum absolute atomic E-state index is 0.294. The van der Waals surface area contributed by atoms with Crippen LogP contribution in [0, 0.1) is 0 Å². The molecule has 2 saturated heterocycles. The van der Waals surface area contributed by atoms with Crippen LogP contribution in [0.3, 0.4) is 0 Å². The SMILES string of the molecule is CC1(C)CN(CCCC2CCCO2)CCN1. The van der Waals surface area contributed by atoms with E-state index in [4.69, 9.17) is 4.74 Å². The molecule has 2 fully saturated rings. The van der Waals surface area contributed by atoms with Gasteiger partial charge < -0.3 is 15.0 Å². The van der Waals surface area contributed by atoms with E-state index in [9.17, 15) is 0 Å². The maximum atomic E-state index is 5.65. The highest BCUT2D eigenvalue weighted by Crippen LogP contribution is 2.17. The zero-order valence-corrected chi connectivity index (χ0v) is 10.8. The standard InChI is InChI=1S/C13H26N2O/c1-13(2)11-15(9-7-14-13)8-3-5-12-6-4-10-16-12/h12,14H,3-11H2,1-2H3. The fourth-order valence-electron chi connectivity index (χ4n) is 2.85. The fourth-order valence-corrected chi connectivity index (χ4v) is 2.85. The van der Waals surface area contributed by atoms with E-state index in [1.165, 1.54) is 45.3 Å². The van der Waals surface area contributed by atoms with E-state index in [0.717, 1.165) is 13.2 Å². The quantitative estimate of drug-likeness (QED) is 0.788. The Morgan fingerprint density at radius 3 is 3.00 bits per heavy atom. The van der Waals surface area contributed by atoms with Crippen molar-refractivity contribution in [2.75, 3.05) is 32.8 Å². The van der Waals surface area contributed by atoms with Crippen LogP contribution in [0.2, 0.25) is 0 Å². The molecule has 3 heteroatoms. The van der Waals surface area contributed by atoms with Gasteiger partial charge in [-0.05, 0) is 46.1 Å². The highest BCUT2D eigenvalue weighted by atomic mass is 16.5. The molecule has 0 aromatic rings. The van der Waals surface area contributed by atoms with Crippen LogP contribution in [0.15, 0.2) is 0 Å². The molecule has 0 spiro atoms. The largest absolute Gasteiger partial charge is 0.378 e. The number of ether oxygens (including phenoxy) is 1. The summed E-state index contributed by atoms with van der Waals surface area (Å²) in [5.74, 6) is 0. The normalized spacial score (nSPS) is 30.8. The maximum Gasteiger partial charge on any atom is 0.0576 e. The van der Waals surface area contributed by atoms with E-state index in [0.29, 0.717) is 11.6 Å². The zero-order valence-electron chi connectivity index (χ0n) is 10.8. The molecular formula is C13H26N2O.